The van der Waals surface area contributed by atoms with Gasteiger partial charge in [-0.25, -0.2) is 22.2 Å². The molecule has 1 aliphatic rings. The topological polar surface area (TPSA) is 101 Å². The Labute approximate surface area is 208 Å². The SMILES string of the molecule is CCCc1cn(C)c2c(=O)[nH]c(-c3cc(S(=O)(=O)N4CCN(CCF)CC4)ccc3OCCF)nc12. The van der Waals surface area contributed by atoms with Crippen LogP contribution in [-0.2, 0) is 23.5 Å². The van der Waals surface area contributed by atoms with Gasteiger partial charge in [0.25, 0.3) is 5.56 Å². The van der Waals surface area contributed by atoms with Crippen LogP contribution in [0.5, 0.6) is 5.75 Å². The van der Waals surface area contributed by atoms with Crippen molar-refractivity contribution in [3.05, 3.63) is 40.3 Å². The molecule has 3 aromatic rings. The minimum atomic E-state index is -3.87. The Morgan fingerprint density at radius 2 is 1.89 bits per heavy atom. The van der Waals surface area contributed by atoms with E-state index in [2.05, 4.69) is 9.97 Å². The highest BCUT2D eigenvalue weighted by molar-refractivity contribution is 7.89. The standard InChI is InChI=1S/C24H31F2N5O4S/c1-3-4-17-16-29(2)22-21(17)27-23(28-24(22)32)19-15-18(5-6-20(19)35-14-8-26)36(33,34)31-12-10-30(9-7-25)11-13-31/h5-6,15-16H,3-4,7-14H2,1-2H3,(H,27,28,32). The van der Waals surface area contributed by atoms with Crippen LogP contribution >= 0.6 is 0 Å². The Bertz CT molecular complexity index is 1380. The molecular formula is C24H31F2N5O4S. The maximum atomic E-state index is 13.4. The molecule has 1 aromatic carbocycles. The molecule has 4 rings (SSSR count). The summed E-state index contributed by atoms with van der Waals surface area (Å²) >= 11 is 0. The quantitative estimate of drug-likeness (QED) is 0.438. The molecule has 1 fully saturated rings. The van der Waals surface area contributed by atoms with E-state index in [4.69, 9.17) is 4.74 Å². The molecule has 1 aliphatic heterocycles. The number of benzene rings is 1. The van der Waals surface area contributed by atoms with Crippen LogP contribution in [0.15, 0.2) is 34.1 Å². The molecule has 2 aromatic heterocycles. The lowest BCUT2D eigenvalue weighted by Crippen LogP contribution is -2.49. The lowest BCUT2D eigenvalue weighted by atomic mass is 10.1. The van der Waals surface area contributed by atoms with E-state index in [-0.39, 0.29) is 53.8 Å². The van der Waals surface area contributed by atoms with Crippen molar-refractivity contribution in [1.29, 1.82) is 0 Å². The van der Waals surface area contributed by atoms with Crippen LogP contribution < -0.4 is 10.3 Å². The van der Waals surface area contributed by atoms with E-state index in [0.29, 0.717) is 24.1 Å². The predicted octanol–water partition coefficient (Wildman–Crippen LogP) is 2.51. The average molecular weight is 524 g/mol. The molecule has 3 heterocycles. The Morgan fingerprint density at radius 1 is 1.14 bits per heavy atom. The second kappa shape index (κ2) is 11.1. The highest BCUT2D eigenvalue weighted by Crippen LogP contribution is 2.32. The Kier molecular flexibility index (Phi) is 8.06. The first-order valence-corrected chi connectivity index (χ1v) is 13.4. The zero-order valence-electron chi connectivity index (χ0n) is 20.5. The fraction of sp³-hybridized carbons (Fsp3) is 0.500. The number of H-pyrrole nitrogens is 1. The highest BCUT2D eigenvalue weighted by Gasteiger charge is 2.29. The number of halogens is 2. The van der Waals surface area contributed by atoms with Crippen LogP contribution in [0.1, 0.15) is 18.9 Å². The summed E-state index contributed by atoms with van der Waals surface area (Å²) < 4.78 is 61.0. The zero-order chi connectivity index (χ0) is 25.9. The summed E-state index contributed by atoms with van der Waals surface area (Å²) in [6.07, 6.45) is 3.45. The third-order valence-electron chi connectivity index (χ3n) is 6.33. The minimum absolute atomic E-state index is 0.00799. The summed E-state index contributed by atoms with van der Waals surface area (Å²) in [5.74, 6) is 0.365. The number of aryl methyl sites for hydroxylation is 2. The number of nitrogens with zero attached hydrogens (tertiary/aromatic N) is 4. The molecule has 0 atom stereocenters. The largest absolute Gasteiger partial charge is 0.490 e. The van der Waals surface area contributed by atoms with Crippen molar-refractivity contribution in [3.63, 3.8) is 0 Å². The van der Waals surface area contributed by atoms with Crippen molar-refractivity contribution in [3.8, 4) is 17.1 Å². The van der Waals surface area contributed by atoms with Gasteiger partial charge >= 0.3 is 0 Å². The first kappa shape index (κ1) is 26.2. The Hall–Kier alpha value is -2.83. The van der Waals surface area contributed by atoms with Gasteiger partial charge < -0.3 is 14.3 Å². The van der Waals surface area contributed by atoms with Crippen molar-refractivity contribution in [2.75, 3.05) is 52.7 Å². The number of aromatic nitrogens is 3. The lowest BCUT2D eigenvalue weighted by Gasteiger charge is -2.33. The molecule has 0 saturated carbocycles. The van der Waals surface area contributed by atoms with E-state index in [1.165, 1.54) is 22.5 Å². The summed E-state index contributed by atoms with van der Waals surface area (Å²) in [6.45, 7) is 2.22. The van der Waals surface area contributed by atoms with Gasteiger partial charge in [0.15, 0.2) is 0 Å². The number of rotatable bonds is 10. The highest BCUT2D eigenvalue weighted by atomic mass is 32.2. The number of hydrogen-bond donors (Lipinski definition) is 1. The Balaban J connectivity index is 1.78. The number of aromatic amines is 1. The molecule has 0 spiro atoms. The van der Waals surface area contributed by atoms with Crippen LogP contribution in [0.2, 0.25) is 0 Å². The van der Waals surface area contributed by atoms with E-state index in [1.807, 2.05) is 18.0 Å². The smallest absolute Gasteiger partial charge is 0.275 e. The molecule has 0 bridgehead atoms. The summed E-state index contributed by atoms with van der Waals surface area (Å²) in [5, 5.41) is 0. The van der Waals surface area contributed by atoms with Crippen molar-refractivity contribution >= 4 is 21.1 Å². The van der Waals surface area contributed by atoms with Gasteiger partial charge in [0.05, 0.1) is 16.0 Å². The summed E-state index contributed by atoms with van der Waals surface area (Å²) in [5.41, 5.74) is 1.75. The van der Waals surface area contributed by atoms with Gasteiger partial charge in [-0.3, -0.25) is 9.69 Å². The Morgan fingerprint density at radius 3 is 2.56 bits per heavy atom. The molecular weight excluding hydrogens is 492 g/mol. The van der Waals surface area contributed by atoms with E-state index in [9.17, 15) is 22.0 Å². The second-order valence-corrected chi connectivity index (χ2v) is 10.7. The van der Waals surface area contributed by atoms with Crippen LogP contribution in [0, 0.1) is 0 Å². The van der Waals surface area contributed by atoms with Gasteiger partial charge in [-0.15, -0.1) is 0 Å². The summed E-state index contributed by atoms with van der Waals surface area (Å²) in [4.78, 5) is 22.3. The van der Waals surface area contributed by atoms with Crippen molar-refractivity contribution < 1.29 is 21.9 Å². The van der Waals surface area contributed by atoms with E-state index in [0.717, 1.165) is 18.4 Å². The number of piperazine rings is 1. The van der Waals surface area contributed by atoms with Crippen molar-refractivity contribution in [2.45, 2.75) is 24.7 Å². The van der Waals surface area contributed by atoms with E-state index in [1.54, 1.807) is 11.6 Å². The van der Waals surface area contributed by atoms with Crippen LogP contribution in [0.3, 0.4) is 0 Å². The third-order valence-corrected chi connectivity index (χ3v) is 8.23. The number of ether oxygens (including phenoxy) is 1. The van der Waals surface area contributed by atoms with Crippen LogP contribution in [-0.4, -0.2) is 84.8 Å². The lowest BCUT2D eigenvalue weighted by molar-refractivity contribution is 0.177. The molecule has 0 amide bonds. The second-order valence-electron chi connectivity index (χ2n) is 8.76. The molecule has 1 N–H and O–H groups in total. The fourth-order valence-electron chi connectivity index (χ4n) is 4.55. The first-order valence-electron chi connectivity index (χ1n) is 12.0. The van der Waals surface area contributed by atoms with Crippen LogP contribution in [0.4, 0.5) is 8.78 Å². The molecule has 0 unspecified atom stereocenters. The average Bonchev–Trinajstić information content (AvgIpc) is 3.18. The number of sulfonamides is 1. The first-order chi connectivity index (χ1) is 17.3. The van der Waals surface area contributed by atoms with Gasteiger partial charge in [0.1, 0.15) is 37.0 Å². The number of nitrogens with one attached hydrogen (secondary N) is 1. The molecule has 1 saturated heterocycles. The summed E-state index contributed by atoms with van der Waals surface area (Å²) in [7, 11) is -2.10. The van der Waals surface area contributed by atoms with Gasteiger partial charge in [0, 0.05) is 46.0 Å². The number of fused-ring (bicyclic) bond motifs is 1. The van der Waals surface area contributed by atoms with Crippen LogP contribution in [0.25, 0.3) is 22.4 Å². The predicted molar refractivity (Wildman–Crippen MR) is 133 cm³/mol. The summed E-state index contributed by atoms with van der Waals surface area (Å²) in [6, 6.07) is 4.27. The maximum Gasteiger partial charge on any atom is 0.275 e. The van der Waals surface area contributed by atoms with Gasteiger partial charge in [0.2, 0.25) is 10.0 Å². The van der Waals surface area contributed by atoms with E-state index >= 15 is 0 Å². The number of alkyl halides is 2. The third kappa shape index (κ3) is 5.16. The monoisotopic (exact) mass is 523 g/mol. The van der Waals surface area contributed by atoms with Crippen molar-refractivity contribution in [1.82, 2.24) is 23.7 Å². The molecule has 0 radical (unpaired) electrons. The van der Waals surface area contributed by atoms with Gasteiger partial charge in [-0.2, -0.15) is 4.31 Å². The van der Waals surface area contributed by atoms with Gasteiger partial charge in [-0.05, 0) is 30.2 Å². The maximum absolute atomic E-state index is 13.4. The minimum Gasteiger partial charge on any atom is -0.490 e. The van der Waals surface area contributed by atoms with Crippen molar-refractivity contribution in [2.24, 2.45) is 7.05 Å². The zero-order valence-corrected chi connectivity index (χ0v) is 21.3. The molecule has 196 valence electrons. The van der Waals surface area contributed by atoms with Gasteiger partial charge in [-0.1, -0.05) is 13.3 Å². The molecule has 0 aliphatic carbocycles. The number of hydrogen-bond acceptors (Lipinski definition) is 6. The fourth-order valence-corrected chi connectivity index (χ4v) is 6.00. The normalized spacial score (nSPS) is 15.6. The van der Waals surface area contributed by atoms with E-state index < -0.39 is 23.4 Å². The molecule has 9 nitrogen and oxygen atoms in total. The molecule has 36 heavy (non-hydrogen) atoms. The molecule has 12 heteroatoms.